The van der Waals surface area contributed by atoms with Gasteiger partial charge in [0.25, 0.3) is 11.7 Å². The molecule has 19 heteroatoms. The maximum atomic E-state index is 14.7. The van der Waals surface area contributed by atoms with Gasteiger partial charge in [0.05, 0.1) is 31.2 Å². The number of methoxy groups -OCH3 is 3. The summed E-state index contributed by atoms with van der Waals surface area (Å²) >= 11 is 0. The number of ketones is 3. The van der Waals surface area contributed by atoms with Crippen LogP contribution < -0.4 is 0 Å². The summed E-state index contributed by atoms with van der Waals surface area (Å²) in [7, 11) is 4.41. The number of carbonyl (C=O) groups is 8. The number of amides is 1. The van der Waals surface area contributed by atoms with Crippen molar-refractivity contribution < 1.29 is 86.1 Å². The van der Waals surface area contributed by atoms with E-state index in [1.807, 2.05) is 51.2 Å². The summed E-state index contributed by atoms with van der Waals surface area (Å²) in [6, 6.07) is -1.23. The van der Waals surface area contributed by atoms with Crippen molar-refractivity contribution in [2.45, 2.75) is 193 Å². The van der Waals surface area contributed by atoms with E-state index in [9.17, 15) is 43.5 Å². The zero-order valence-electron chi connectivity index (χ0n) is 49.5. The second-order valence-corrected chi connectivity index (χ2v) is 22.5. The van der Waals surface area contributed by atoms with Crippen LogP contribution in [0.5, 0.6) is 0 Å². The molecular formula is C62H91NO18. The molecule has 1 N–H and O–H groups in total. The first-order chi connectivity index (χ1) is 38.5. The highest BCUT2D eigenvalue weighted by Gasteiger charge is 2.53. The summed E-state index contributed by atoms with van der Waals surface area (Å²) in [4.78, 5) is 112. The molecule has 0 aromatic carbocycles. The topological polar surface area (TPSA) is 243 Å². The van der Waals surface area contributed by atoms with Gasteiger partial charge < -0.3 is 52.6 Å². The molecule has 0 unspecified atom stereocenters. The van der Waals surface area contributed by atoms with Crippen LogP contribution in [0.25, 0.3) is 0 Å². The Labute approximate surface area is 479 Å². The molecule has 4 rings (SSSR count). The minimum absolute atomic E-state index is 0.0178. The van der Waals surface area contributed by atoms with Crippen molar-refractivity contribution in [1.29, 1.82) is 0 Å². The van der Waals surface area contributed by atoms with Crippen LogP contribution in [0.15, 0.2) is 72.9 Å². The zero-order valence-corrected chi connectivity index (χ0v) is 49.5. The Balaban J connectivity index is 1.77. The van der Waals surface area contributed by atoms with E-state index >= 15 is 0 Å². The number of fused-ring (bicyclic) bond motifs is 3. The summed E-state index contributed by atoms with van der Waals surface area (Å²) < 4.78 is 51.7. The molecule has 19 nitrogen and oxygen atoms in total. The van der Waals surface area contributed by atoms with Gasteiger partial charge in [-0.25, -0.2) is 9.59 Å². The quantitative estimate of drug-likeness (QED) is 0.0698. The van der Waals surface area contributed by atoms with Crippen molar-refractivity contribution in [3.63, 3.8) is 0 Å². The second kappa shape index (κ2) is 33.5. The van der Waals surface area contributed by atoms with Gasteiger partial charge in [0.2, 0.25) is 5.79 Å². The highest BCUT2D eigenvalue weighted by atomic mass is 16.7. The average Bonchev–Trinajstić information content (AvgIpc) is 3.49. The van der Waals surface area contributed by atoms with E-state index < -0.39 is 114 Å². The van der Waals surface area contributed by atoms with Crippen molar-refractivity contribution in [1.82, 2.24) is 4.90 Å². The van der Waals surface area contributed by atoms with Gasteiger partial charge in [-0.1, -0.05) is 96.4 Å². The van der Waals surface area contributed by atoms with Crippen LogP contribution in [0.4, 0.5) is 4.79 Å². The third-order valence-electron chi connectivity index (χ3n) is 16.1. The van der Waals surface area contributed by atoms with E-state index in [0.29, 0.717) is 63.4 Å². The lowest BCUT2D eigenvalue weighted by Gasteiger charge is -2.42. The van der Waals surface area contributed by atoms with Crippen LogP contribution in [0, 0.1) is 35.5 Å². The van der Waals surface area contributed by atoms with Crippen molar-refractivity contribution in [2.24, 2.45) is 35.5 Å². The highest BCUT2D eigenvalue weighted by molar-refractivity contribution is 6.39. The number of ether oxygens (including phenoxy) is 9. The second-order valence-electron chi connectivity index (χ2n) is 22.5. The van der Waals surface area contributed by atoms with Crippen LogP contribution >= 0.6 is 0 Å². The lowest BCUT2D eigenvalue weighted by molar-refractivity contribution is -0.265. The molecule has 81 heavy (non-hydrogen) atoms. The highest BCUT2D eigenvalue weighted by Crippen LogP contribution is 2.38. The number of hydrogen-bond donors (Lipinski definition) is 1. The molecule has 0 aromatic rings. The van der Waals surface area contributed by atoms with Gasteiger partial charge in [-0.15, -0.1) is 0 Å². The molecule has 3 heterocycles. The predicted octanol–water partition coefficient (Wildman–Crippen LogP) is 8.59. The lowest BCUT2D eigenvalue weighted by atomic mass is 9.78. The maximum Gasteiger partial charge on any atom is 0.508 e. The standard InChI is InChI=1S/C62H91NO18/c1-13-30-76-53(65)27-28-54(66)80-56-43(8)33-40(5)48(64)37-51(41(6)34-45-24-26-49(52(35-45)74-11)79-61(71)77-31-14-2)78-60(70)47-22-18-19-29-63(47)59(69)58(68)62(72)44(9)23-25-46(81-62)36-50(73-10)39(4)21-17-15-16-20-38(3)32-42(7)55(67)57(56)75-12/h13-17,20-21,33,38,40-42,44-47,49-52,56-57,72H,1-2,18-19,22-32,34-37H2,3-12H3/t38-,40-,41-,42-,44-,45+,46+,47+,49-,50+,51+,52-,56-,57+,62-/m1/s1. The first-order valence-electron chi connectivity index (χ1n) is 28.7. The van der Waals surface area contributed by atoms with E-state index in [-0.39, 0.29) is 75.3 Å². The molecule has 3 fully saturated rings. The van der Waals surface area contributed by atoms with E-state index in [4.69, 9.17) is 42.6 Å². The summed E-state index contributed by atoms with van der Waals surface area (Å²) in [5.41, 5.74) is 1.15. The third kappa shape index (κ3) is 20.1. The number of hydrogen-bond acceptors (Lipinski definition) is 18. The van der Waals surface area contributed by atoms with Crippen molar-refractivity contribution in [3.05, 3.63) is 72.9 Å². The summed E-state index contributed by atoms with van der Waals surface area (Å²) in [6.45, 7) is 19.4. The number of nitrogens with zero attached hydrogens (tertiary/aromatic N) is 1. The van der Waals surface area contributed by atoms with Gasteiger partial charge in [-0.3, -0.25) is 28.8 Å². The number of piperidine rings is 1. The monoisotopic (exact) mass is 1140 g/mol. The molecule has 1 amide bonds. The fraction of sp³-hybridized carbons (Fsp3) is 0.677. The zero-order chi connectivity index (χ0) is 60.0. The molecule has 1 saturated carbocycles. The summed E-state index contributed by atoms with van der Waals surface area (Å²) in [5, 5.41) is 12.1. The molecule has 0 radical (unpaired) electrons. The van der Waals surface area contributed by atoms with Gasteiger partial charge >= 0.3 is 24.1 Å². The van der Waals surface area contributed by atoms with Crippen molar-refractivity contribution >= 4 is 47.3 Å². The van der Waals surface area contributed by atoms with Crippen LogP contribution in [0.1, 0.15) is 138 Å². The Kier molecular flexibility index (Phi) is 28.1. The smallest absolute Gasteiger partial charge is 0.461 e. The minimum atomic E-state index is -2.49. The van der Waals surface area contributed by atoms with Crippen LogP contribution in [0.2, 0.25) is 0 Å². The molecule has 452 valence electrons. The number of Topliss-reactive ketones (excluding diaryl/α,β-unsaturated/α-hetero) is 3. The van der Waals surface area contributed by atoms with E-state index in [2.05, 4.69) is 13.2 Å². The van der Waals surface area contributed by atoms with Crippen LogP contribution in [-0.4, -0.2) is 153 Å². The predicted molar refractivity (Wildman–Crippen MR) is 300 cm³/mol. The van der Waals surface area contributed by atoms with E-state index in [1.165, 1.54) is 26.4 Å². The van der Waals surface area contributed by atoms with Crippen LogP contribution in [-0.2, 0) is 76.2 Å². The summed E-state index contributed by atoms with van der Waals surface area (Å²) in [6.07, 6.45) is 10.7. The Morgan fingerprint density at radius 1 is 0.790 bits per heavy atom. The average molecular weight is 1140 g/mol. The van der Waals surface area contributed by atoms with Gasteiger partial charge in [-0.05, 0) is 107 Å². The summed E-state index contributed by atoms with van der Waals surface area (Å²) in [5.74, 6) is -10.6. The number of aliphatic hydroxyl groups is 1. The molecule has 4 aliphatic rings. The van der Waals surface area contributed by atoms with Gasteiger partial charge in [0.1, 0.15) is 37.2 Å². The number of cyclic esters (lactones) is 1. The lowest BCUT2D eigenvalue weighted by Crippen LogP contribution is -2.61. The van der Waals surface area contributed by atoms with Crippen molar-refractivity contribution in [3.8, 4) is 0 Å². The van der Waals surface area contributed by atoms with E-state index in [0.717, 1.165) is 10.5 Å². The molecule has 2 saturated heterocycles. The molecule has 0 spiro atoms. The molecule has 2 bridgehead atoms. The van der Waals surface area contributed by atoms with Crippen LogP contribution in [0.3, 0.4) is 0 Å². The number of rotatable bonds is 15. The Bertz CT molecular complexity index is 2300. The van der Waals surface area contributed by atoms with Gasteiger partial charge in [0, 0.05) is 58.5 Å². The van der Waals surface area contributed by atoms with Crippen molar-refractivity contribution in [2.75, 3.05) is 41.1 Å². The fourth-order valence-electron chi connectivity index (χ4n) is 11.3. The molecular weight excluding hydrogens is 1050 g/mol. The number of carbonyl (C=O) groups excluding carboxylic acids is 8. The first kappa shape index (κ1) is 67.9. The van der Waals surface area contributed by atoms with Gasteiger partial charge in [-0.2, -0.15) is 0 Å². The maximum absolute atomic E-state index is 14.7. The Morgan fingerprint density at radius 3 is 2.17 bits per heavy atom. The molecule has 0 aromatic heterocycles. The molecule has 3 aliphatic heterocycles. The first-order valence-corrected chi connectivity index (χ1v) is 28.7. The normalized spacial score (nSPS) is 32.3. The minimum Gasteiger partial charge on any atom is -0.461 e. The fourth-order valence-corrected chi connectivity index (χ4v) is 11.3. The Hall–Kier alpha value is -5.60. The largest absolute Gasteiger partial charge is 0.508 e. The Morgan fingerprint density at radius 2 is 1.49 bits per heavy atom. The third-order valence-corrected chi connectivity index (χ3v) is 16.1. The SMILES string of the molecule is C=CCOC(=O)CCC(=O)O[C@@H]1C(C)=C[C@@H](C)C(=O)C[C@@H]([C@H](C)C[C@@H]2CC[C@@H](OC(=O)OCC=C)[C@H](OC)C2)OC(=O)[C@@H]2CCCCN2C(=O)C(=O)[C@]2(O)O[C@@H](CC[C@H]2C)C[C@H](OC)C(C)=CC=CC=C[C@@H](C)C[C@@H](C)C(=O)[C@@H]1OC. The van der Waals surface area contributed by atoms with E-state index in [1.54, 1.807) is 40.9 Å². The van der Waals surface area contributed by atoms with Gasteiger partial charge in [0.15, 0.2) is 18.0 Å². The number of esters is 3. The molecule has 1 aliphatic carbocycles. The number of allylic oxidation sites excluding steroid dienone is 6. The molecule has 15 atom stereocenters.